The number of anilines is 1. The topological polar surface area (TPSA) is 126 Å². The molecule has 178 valence electrons. The summed E-state index contributed by atoms with van der Waals surface area (Å²) in [5.41, 5.74) is 2.69. The van der Waals surface area contributed by atoms with Crippen molar-refractivity contribution in [2.45, 2.75) is 0 Å². The number of ether oxygens (including phenoxy) is 3. The second-order valence-electron chi connectivity index (χ2n) is 7.29. The number of amides is 1. The van der Waals surface area contributed by atoms with Gasteiger partial charge in [-0.15, -0.1) is 0 Å². The molecule has 0 aliphatic carbocycles. The third kappa shape index (κ3) is 5.06. The van der Waals surface area contributed by atoms with E-state index in [4.69, 9.17) is 18.6 Å². The summed E-state index contributed by atoms with van der Waals surface area (Å²) >= 11 is 0. The van der Waals surface area contributed by atoms with Crippen molar-refractivity contribution in [2.75, 3.05) is 26.6 Å². The van der Waals surface area contributed by atoms with Gasteiger partial charge < -0.3 is 23.9 Å². The summed E-state index contributed by atoms with van der Waals surface area (Å²) in [6.07, 6.45) is 2.80. The maximum Gasteiger partial charge on any atom is 0.270 e. The van der Waals surface area contributed by atoms with E-state index in [-0.39, 0.29) is 5.69 Å². The average Bonchev–Trinajstić information content (AvgIpc) is 3.30. The van der Waals surface area contributed by atoms with Crippen LogP contribution in [0.5, 0.6) is 17.2 Å². The Bertz CT molecular complexity index is 1420. The second kappa shape index (κ2) is 9.96. The molecule has 0 bridgehead atoms. The predicted octanol–water partition coefficient (Wildman–Crippen LogP) is 5.08. The van der Waals surface area contributed by atoms with Crippen LogP contribution < -0.4 is 19.5 Å². The number of nitrogens with one attached hydrogen (secondary N) is 1. The monoisotopic (exact) mass is 475 g/mol. The zero-order valence-corrected chi connectivity index (χ0v) is 19.1. The number of carbonyl (C=O) groups excluding carboxylic acids is 1. The van der Waals surface area contributed by atoms with E-state index < -0.39 is 10.8 Å². The lowest BCUT2D eigenvalue weighted by atomic mass is 10.2. The average molecular weight is 475 g/mol. The molecule has 0 aliphatic rings. The summed E-state index contributed by atoms with van der Waals surface area (Å²) in [5.74, 6) is 1.33. The highest BCUT2D eigenvalue weighted by Crippen LogP contribution is 2.41. The van der Waals surface area contributed by atoms with Crippen LogP contribution in [0, 0.1) is 10.1 Å². The minimum Gasteiger partial charge on any atom is -0.493 e. The number of benzene rings is 3. The fraction of sp³-hybridized carbons (Fsp3) is 0.120. The smallest absolute Gasteiger partial charge is 0.270 e. The molecule has 0 fully saturated rings. The molecule has 0 unspecified atom stereocenters. The SMILES string of the molecule is COc1cc(-c2nc3cc(NC(=O)/C=C/c4cccc([N+](=O)[O-])c4)ccc3o2)cc(OC)c1OC. The fourth-order valence-electron chi connectivity index (χ4n) is 3.43. The van der Waals surface area contributed by atoms with Crippen molar-refractivity contribution in [3.63, 3.8) is 0 Å². The Labute approximate surface area is 199 Å². The highest BCUT2D eigenvalue weighted by atomic mass is 16.6. The zero-order chi connectivity index (χ0) is 24.9. The van der Waals surface area contributed by atoms with Crippen molar-refractivity contribution in [3.05, 3.63) is 76.4 Å². The first-order chi connectivity index (χ1) is 16.9. The molecule has 0 aliphatic heterocycles. The number of carbonyl (C=O) groups is 1. The highest BCUT2D eigenvalue weighted by Gasteiger charge is 2.17. The molecule has 1 N–H and O–H groups in total. The van der Waals surface area contributed by atoms with Crippen LogP contribution in [-0.4, -0.2) is 37.1 Å². The number of hydrogen-bond acceptors (Lipinski definition) is 8. The minimum absolute atomic E-state index is 0.0491. The summed E-state index contributed by atoms with van der Waals surface area (Å²) in [7, 11) is 4.57. The van der Waals surface area contributed by atoms with Crippen LogP contribution in [0.3, 0.4) is 0 Å². The summed E-state index contributed by atoms with van der Waals surface area (Å²) in [5, 5.41) is 13.6. The van der Waals surface area contributed by atoms with E-state index in [1.165, 1.54) is 45.6 Å². The highest BCUT2D eigenvalue weighted by molar-refractivity contribution is 6.02. The Hall–Kier alpha value is -4.86. The van der Waals surface area contributed by atoms with Crippen LogP contribution in [0.1, 0.15) is 5.56 Å². The van der Waals surface area contributed by atoms with Crippen LogP contribution in [-0.2, 0) is 4.79 Å². The van der Waals surface area contributed by atoms with Crippen LogP contribution in [0.15, 0.2) is 65.1 Å². The summed E-state index contributed by atoms with van der Waals surface area (Å²) in [6.45, 7) is 0. The lowest BCUT2D eigenvalue weighted by molar-refractivity contribution is -0.384. The van der Waals surface area contributed by atoms with Crippen molar-refractivity contribution in [1.29, 1.82) is 0 Å². The number of oxazole rings is 1. The molecule has 0 spiro atoms. The molecule has 0 atom stereocenters. The van der Waals surface area contributed by atoms with Gasteiger partial charge in [0.25, 0.3) is 5.69 Å². The number of non-ortho nitro benzene ring substituents is 1. The number of methoxy groups -OCH3 is 3. The van der Waals surface area contributed by atoms with Gasteiger partial charge in [-0.1, -0.05) is 12.1 Å². The van der Waals surface area contributed by atoms with E-state index in [9.17, 15) is 14.9 Å². The van der Waals surface area contributed by atoms with Crippen molar-refractivity contribution < 1.29 is 28.3 Å². The number of rotatable bonds is 8. The molecule has 0 radical (unpaired) electrons. The van der Waals surface area contributed by atoms with Crippen molar-refractivity contribution in [2.24, 2.45) is 0 Å². The summed E-state index contributed by atoms with van der Waals surface area (Å²) in [6, 6.07) is 14.5. The van der Waals surface area contributed by atoms with Crippen molar-refractivity contribution in [3.8, 4) is 28.7 Å². The lowest BCUT2D eigenvalue weighted by Crippen LogP contribution is -2.07. The minimum atomic E-state index is -0.489. The first-order valence-electron chi connectivity index (χ1n) is 10.4. The molecule has 4 aromatic rings. The van der Waals surface area contributed by atoms with Gasteiger partial charge in [0.15, 0.2) is 17.1 Å². The predicted molar refractivity (Wildman–Crippen MR) is 130 cm³/mol. The van der Waals surface area contributed by atoms with Gasteiger partial charge in [-0.25, -0.2) is 4.98 Å². The molecule has 0 saturated carbocycles. The van der Waals surface area contributed by atoms with E-state index in [0.29, 0.717) is 51.1 Å². The molecule has 4 rings (SSSR count). The normalized spacial score (nSPS) is 10.9. The molecule has 1 amide bonds. The van der Waals surface area contributed by atoms with E-state index in [1.54, 1.807) is 42.5 Å². The number of nitro groups is 1. The fourth-order valence-corrected chi connectivity index (χ4v) is 3.43. The lowest BCUT2D eigenvalue weighted by Gasteiger charge is -2.12. The maximum absolute atomic E-state index is 12.4. The van der Waals surface area contributed by atoms with E-state index in [1.807, 2.05) is 0 Å². The maximum atomic E-state index is 12.4. The van der Waals surface area contributed by atoms with E-state index in [2.05, 4.69) is 10.3 Å². The second-order valence-corrected chi connectivity index (χ2v) is 7.29. The largest absolute Gasteiger partial charge is 0.493 e. The van der Waals surface area contributed by atoms with E-state index >= 15 is 0 Å². The molecular formula is C25H21N3O7. The molecule has 1 heterocycles. The zero-order valence-electron chi connectivity index (χ0n) is 19.1. The van der Waals surface area contributed by atoms with Gasteiger partial charge in [0.05, 0.1) is 26.3 Å². The number of aromatic nitrogens is 1. The summed E-state index contributed by atoms with van der Waals surface area (Å²) < 4.78 is 22.0. The van der Waals surface area contributed by atoms with Gasteiger partial charge in [-0.2, -0.15) is 0 Å². The summed E-state index contributed by atoms with van der Waals surface area (Å²) in [4.78, 5) is 27.3. The Balaban J connectivity index is 1.55. The molecule has 1 aromatic heterocycles. The molecule has 35 heavy (non-hydrogen) atoms. The molecular weight excluding hydrogens is 454 g/mol. The van der Waals surface area contributed by atoms with Gasteiger partial charge in [0.1, 0.15) is 5.52 Å². The standard InChI is InChI=1S/C25H21N3O7/c1-32-21-12-16(13-22(33-2)24(21)34-3)25-27-19-14-17(8-9-20(19)35-25)26-23(29)10-7-15-5-4-6-18(11-15)28(30)31/h4-14H,1-3H3,(H,26,29)/b10-7+. The van der Waals surface area contributed by atoms with Gasteiger partial charge in [0.2, 0.25) is 17.5 Å². The number of fused-ring (bicyclic) bond motifs is 1. The van der Waals surface area contributed by atoms with Crippen molar-refractivity contribution in [1.82, 2.24) is 4.98 Å². The number of nitro benzene ring substituents is 1. The molecule has 10 nitrogen and oxygen atoms in total. The Kier molecular flexibility index (Phi) is 6.63. The number of hydrogen-bond donors (Lipinski definition) is 1. The molecule has 0 saturated heterocycles. The number of nitrogens with zero attached hydrogens (tertiary/aromatic N) is 2. The first-order valence-corrected chi connectivity index (χ1v) is 10.4. The van der Waals surface area contributed by atoms with Crippen molar-refractivity contribution >= 4 is 34.5 Å². The third-order valence-corrected chi connectivity index (χ3v) is 5.07. The van der Waals surface area contributed by atoms with E-state index in [0.717, 1.165) is 0 Å². The van der Waals surface area contributed by atoms with Gasteiger partial charge in [0, 0.05) is 29.5 Å². The first kappa shape index (κ1) is 23.3. The Morgan fingerprint density at radius 1 is 1.03 bits per heavy atom. The molecule has 3 aromatic carbocycles. The van der Waals surface area contributed by atoms with Crippen LogP contribution in [0.25, 0.3) is 28.6 Å². The van der Waals surface area contributed by atoms with Crippen LogP contribution >= 0.6 is 0 Å². The Morgan fingerprint density at radius 2 is 1.77 bits per heavy atom. The third-order valence-electron chi connectivity index (χ3n) is 5.07. The van der Waals surface area contributed by atoms with Gasteiger partial charge in [-0.3, -0.25) is 14.9 Å². The molecule has 10 heteroatoms. The van der Waals surface area contributed by atoms with Gasteiger partial charge in [-0.05, 0) is 42.0 Å². The van der Waals surface area contributed by atoms with Crippen LogP contribution in [0.4, 0.5) is 11.4 Å². The van der Waals surface area contributed by atoms with Gasteiger partial charge >= 0.3 is 0 Å². The Morgan fingerprint density at radius 3 is 2.43 bits per heavy atom. The quantitative estimate of drug-likeness (QED) is 0.212. The van der Waals surface area contributed by atoms with Crippen LogP contribution in [0.2, 0.25) is 0 Å².